The van der Waals surface area contributed by atoms with Gasteiger partial charge in [-0.15, -0.1) is 0 Å². The lowest BCUT2D eigenvalue weighted by molar-refractivity contribution is -0.141. The van der Waals surface area contributed by atoms with E-state index in [4.69, 9.17) is 15.7 Å². The summed E-state index contributed by atoms with van der Waals surface area (Å²) in [6, 6.07) is -2.72. The van der Waals surface area contributed by atoms with E-state index in [1.54, 1.807) is 6.66 Å². The number of nitrogens with one attached hydrogen (secondary N) is 2. The smallest absolute Gasteiger partial charge is 0.325 e. The molecule has 0 aliphatic rings. The average Bonchev–Trinajstić information content (AvgIpc) is 2.35. The van der Waals surface area contributed by atoms with Gasteiger partial charge in [0.25, 0.3) is 0 Å². The third kappa shape index (κ3) is 7.37. The second-order valence-corrected chi connectivity index (χ2v) is 6.34. The molecule has 0 aromatic rings. The van der Waals surface area contributed by atoms with Crippen molar-refractivity contribution < 1.29 is 24.4 Å². The van der Waals surface area contributed by atoms with Crippen molar-refractivity contribution in [3.05, 3.63) is 0 Å². The molecule has 0 aliphatic heterocycles. The number of rotatable bonds is 8. The largest absolute Gasteiger partial charge is 0.480 e. The molecule has 0 aromatic heterocycles. The highest BCUT2D eigenvalue weighted by Crippen LogP contribution is 2.24. The highest BCUT2D eigenvalue weighted by Gasteiger charge is 2.22. The van der Waals surface area contributed by atoms with Crippen molar-refractivity contribution in [2.75, 3.05) is 12.8 Å². The topological polar surface area (TPSA) is 142 Å². The van der Waals surface area contributed by atoms with Crippen LogP contribution in [0.5, 0.6) is 0 Å². The van der Waals surface area contributed by atoms with Crippen LogP contribution in [0, 0.1) is 0 Å². The maximum atomic E-state index is 11.7. The molecule has 6 N–H and O–H groups in total. The van der Waals surface area contributed by atoms with Gasteiger partial charge in [0, 0.05) is 8.15 Å². The molecule has 0 aliphatic carbocycles. The number of carboxylic acid groups (broad SMARTS) is 1. The summed E-state index contributed by atoms with van der Waals surface area (Å²) in [5, 5.41) is 13.3. The number of hydrogen-bond acceptors (Lipinski definition) is 5. The van der Waals surface area contributed by atoms with Crippen LogP contribution in [-0.4, -0.2) is 58.7 Å². The second kappa shape index (κ2) is 8.84. The third-order valence-electron chi connectivity index (χ3n) is 2.58. The standard InChI is InChI=1S/C11H22N3O5P/c1-6(9(15)14-7(2)11(17)18)13-10(16)8(12)4-5-20(3)19/h6-8,19H,4-5,12H2,1-3H3,(H,13,16)(H,14,15)(H,17,18)/t6-,7-,8-,20?/m0/s1. The zero-order valence-corrected chi connectivity index (χ0v) is 12.7. The predicted molar refractivity (Wildman–Crippen MR) is 75.4 cm³/mol. The number of nitrogens with two attached hydrogens (primary N) is 1. The zero-order chi connectivity index (χ0) is 15.9. The van der Waals surface area contributed by atoms with Gasteiger partial charge in [0.2, 0.25) is 11.8 Å². The van der Waals surface area contributed by atoms with E-state index in [0.717, 1.165) is 0 Å². The van der Waals surface area contributed by atoms with E-state index < -0.39 is 44.1 Å². The number of carbonyl (C=O) groups is 3. The number of carbonyl (C=O) groups excluding carboxylic acids is 2. The lowest BCUT2D eigenvalue weighted by Gasteiger charge is -2.18. The second-order valence-electron chi connectivity index (χ2n) is 4.58. The molecule has 9 heteroatoms. The zero-order valence-electron chi connectivity index (χ0n) is 11.8. The first-order valence-electron chi connectivity index (χ1n) is 6.14. The van der Waals surface area contributed by atoms with Crippen molar-refractivity contribution in [2.24, 2.45) is 5.73 Å². The van der Waals surface area contributed by atoms with E-state index in [1.165, 1.54) is 13.8 Å². The summed E-state index contributed by atoms with van der Waals surface area (Å²) < 4.78 is 0. The molecule has 1 unspecified atom stereocenters. The van der Waals surface area contributed by atoms with Crippen LogP contribution in [-0.2, 0) is 14.4 Å². The monoisotopic (exact) mass is 307 g/mol. The first-order valence-corrected chi connectivity index (χ1v) is 8.07. The minimum absolute atomic E-state index is 0.324. The minimum atomic E-state index is -1.16. The van der Waals surface area contributed by atoms with Gasteiger partial charge < -0.3 is 26.4 Å². The molecule has 0 saturated carbocycles. The van der Waals surface area contributed by atoms with Crippen LogP contribution in [0.25, 0.3) is 0 Å². The van der Waals surface area contributed by atoms with Crippen molar-refractivity contribution in [3.63, 3.8) is 0 Å². The molecule has 0 rings (SSSR count). The van der Waals surface area contributed by atoms with Crippen LogP contribution >= 0.6 is 8.15 Å². The van der Waals surface area contributed by atoms with Gasteiger partial charge in [0.05, 0.1) is 6.04 Å². The van der Waals surface area contributed by atoms with Crippen molar-refractivity contribution >= 4 is 25.9 Å². The van der Waals surface area contributed by atoms with Crippen molar-refractivity contribution in [2.45, 2.75) is 38.4 Å². The quantitative estimate of drug-likeness (QED) is 0.357. The van der Waals surface area contributed by atoms with Gasteiger partial charge in [-0.1, -0.05) is 0 Å². The van der Waals surface area contributed by atoms with Gasteiger partial charge in [-0.2, -0.15) is 0 Å². The first kappa shape index (κ1) is 18.8. The molecule has 0 radical (unpaired) electrons. The Kier molecular flexibility index (Phi) is 8.29. The van der Waals surface area contributed by atoms with E-state index in [1.807, 2.05) is 0 Å². The van der Waals surface area contributed by atoms with Gasteiger partial charge in [-0.25, -0.2) is 0 Å². The summed E-state index contributed by atoms with van der Waals surface area (Å²) in [4.78, 5) is 43.1. The Hall–Kier alpha value is -1.24. The molecule has 0 bridgehead atoms. The Labute approximate surface area is 118 Å². The first-order chi connectivity index (χ1) is 9.15. The Morgan fingerprint density at radius 1 is 1.15 bits per heavy atom. The fourth-order valence-electron chi connectivity index (χ4n) is 1.24. The lowest BCUT2D eigenvalue weighted by Crippen LogP contribution is -2.52. The molecule has 116 valence electrons. The maximum absolute atomic E-state index is 11.7. The van der Waals surface area contributed by atoms with Crippen LogP contribution in [0.15, 0.2) is 0 Å². The number of carboxylic acids is 1. The van der Waals surface area contributed by atoms with E-state index in [9.17, 15) is 14.4 Å². The molecule has 0 fully saturated rings. The third-order valence-corrected chi connectivity index (χ3v) is 3.49. The predicted octanol–water partition coefficient (Wildman–Crippen LogP) is -1.18. The average molecular weight is 307 g/mol. The summed E-state index contributed by atoms with van der Waals surface area (Å²) in [5.74, 6) is -2.26. The van der Waals surface area contributed by atoms with Gasteiger partial charge in [0.1, 0.15) is 12.1 Å². The highest BCUT2D eigenvalue weighted by atomic mass is 31.1. The SMILES string of the molecule is C[C@H](NC(=O)[C@H](C)NC(=O)[C@@H](N)CCP(C)O)C(=O)O. The Balaban J connectivity index is 4.24. The van der Waals surface area contributed by atoms with Gasteiger partial charge in [-0.3, -0.25) is 14.4 Å². The molecule has 20 heavy (non-hydrogen) atoms. The Bertz CT molecular complexity index is 364. The fraction of sp³-hybridized carbons (Fsp3) is 0.727. The van der Waals surface area contributed by atoms with Gasteiger partial charge in [-0.05, 0) is 33.1 Å². The Morgan fingerprint density at radius 3 is 2.10 bits per heavy atom. The molecule has 0 heterocycles. The fourth-order valence-corrected chi connectivity index (χ4v) is 1.89. The van der Waals surface area contributed by atoms with Crippen molar-refractivity contribution in [1.29, 1.82) is 0 Å². The van der Waals surface area contributed by atoms with E-state index in [-0.39, 0.29) is 0 Å². The van der Waals surface area contributed by atoms with E-state index in [0.29, 0.717) is 12.6 Å². The molecule has 0 saturated heterocycles. The summed E-state index contributed by atoms with van der Waals surface area (Å²) in [7, 11) is -1.11. The van der Waals surface area contributed by atoms with E-state index >= 15 is 0 Å². The van der Waals surface area contributed by atoms with Crippen LogP contribution in [0.3, 0.4) is 0 Å². The highest BCUT2D eigenvalue weighted by molar-refractivity contribution is 7.50. The molecule has 8 nitrogen and oxygen atoms in total. The number of amides is 2. The summed E-state index contributed by atoms with van der Waals surface area (Å²) in [6.07, 6.45) is 0.769. The van der Waals surface area contributed by atoms with Crippen LogP contribution in [0.4, 0.5) is 0 Å². The maximum Gasteiger partial charge on any atom is 0.325 e. The molecule has 0 aromatic carbocycles. The van der Waals surface area contributed by atoms with Crippen LogP contribution in [0.2, 0.25) is 0 Å². The van der Waals surface area contributed by atoms with Crippen LogP contribution in [0.1, 0.15) is 20.3 Å². The molecular weight excluding hydrogens is 285 g/mol. The summed E-state index contributed by atoms with van der Waals surface area (Å²) in [6.45, 7) is 4.42. The molecule has 4 atom stereocenters. The van der Waals surface area contributed by atoms with Crippen LogP contribution < -0.4 is 16.4 Å². The van der Waals surface area contributed by atoms with Gasteiger partial charge in [0.15, 0.2) is 0 Å². The molecule has 0 spiro atoms. The normalized spacial score (nSPS) is 16.6. The Morgan fingerprint density at radius 2 is 1.65 bits per heavy atom. The molecular formula is C11H22N3O5P. The van der Waals surface area contributed by atoms with Crippen molar-refractivity contribution in [3.8, 4) is 0 Å². The number of hydrogen-bond donors (Lipinski definition) is 5. The summed E-state index contributed by atoms with van der Waals surface area (Å²) in [5.41, 5.74) is 5.62. The van der Waals surface area contributed by atoms with E-state index in [2.05, 4.69) is 10.6 Å². The lowest BCUT2D eigenvalue weighted by atomic mass is 10.2. The van der Waals surface area contributed by atoms with Crippen molar-refractivity contribution in [1.82, 2.24) is 10.6 Å². The minimum Gasteiger partial charge on any atom is -0.480 e. The molecule has 2 amide bonds. The number of aliphatic carboxylic acids is 1. The van der Waals surface area contributed by atoms with Gasteiger partial charge >= 0.3 is 5.97 Å². The summed E-state index contributed by atoms with van der Waals surface area (Å²) >= 11 is 0.